The van der Waals surface area contributed by atoms with E-state index in [1.807, 2.05) is 36.2 Å². The summed E-state index contributed by atoms with van der Waals surface area (Å²) in [5.74, 6) is 0.697. The minimum Gasteiger partial charge on any atom is -0.368 e. The lowest BCUT2D eigenvalue weighted by Gasteiger charge is -2.33. The summed E-state index contributed by atoms with van der Waals surface area (Å²) in [6.45, 7) is 1.28. The Hall–Kier alpha value is -2.93. The van der Waals surface area contributed by atoms with Gasteiger partial charge in [-0.1, -0.05) is 23.7 Å². The van der Waals surface area contributed by atoms with Crippen molar-refractivity contribution in [2.45, 2.75) is 18.8 Å². The van der Waals surface area contributed by atoms with Crippen LogP contribution in [-0.2, 0) is 7.05 Å². The number of carbonyl (C=O) groups excluding carboxylic acids is 1. The van der Waals surface area contributed by atoms with Crippen molar-refractivity contribution in [3.05, 3.63) is 59.4 Å². The van der Waals surface area contributed by atoms with Crippen LogP contribution in [0.4, 0.5) is 5.95 Å². The molecule has 8 heteroatoms. The van der Waals surface area contributed by atoms with E-state index in [0.717, 1.165) is 29.7 Å². The molecule has 0 saturated carbocycles. The van der Waals surface area contributed by atoms with Crippen LogP contribution in [0.5, 0.6) is 0 Å². The molecule has 28 heavy (non-hydrogen) atoms. The van der Waals surface area contributed by atoms with Crippen LogP contribution in [0.3, 0.4) is 0 Å². The number of piperidine rings is 1. The number of nitrogens with zero attached hydrogens (tertiary/aromatic N) is 5. The standard InChI is InChI=1S/C20H21ClN6O/c1-26-10-8-23-18(26)19(28)27-9-2-3-14(12-27)17-16(11-24-20(22)25-17)13-4-6-15(21)7-5-13/h4-8,10-11,14H,2-3,9,12H2,1H3,(H2,22,24,25)/t14-/m0/s1. The predicted octanol–water partition coefficient (Wildman–Crippen LogP) is 3.13. The van der Waals surface area contributed by atoms with E-state index in [-0.39, 0.29) is 17.8 Å². The molecule has 4 rings (SSSR count). The highest BCUT2D eigenvalue weighted by molar-refractivity contribution is 6.30. The van der Waals surface area contributed by atoms with Gasteiger partial charge in [0.05, 0.1) is 5.69 Å². The highest BCUT2D eigenvalue weighted by Gasteiger charge is 2.29. The van der Waals surface area contributed by atoms with Crippen molar-refractivity contribution in [1.29, 1.82) is 0 Å². The van der Waals surface area contributed by atoms with Gasteiger partial charge in [-0.25, -0.2) is 15.0 Å². The number of benzene rings is 1. The Labute approximate surface area is 168 Å². The molecule has 1 aromatic carbocycles. The molecule has 1 aliphatic heterocycles. The van der Waals surface area contributed by atoms with Crippen LogP contribution < -0.4 is 5.73 Å². The minimum absolute atomic E-state index is 0.0627. The molecule has 3 heterocycles. The van der Waals surface area contributed by atoms with E-state index in [1.54, 1.807) is 23.2 Å². The van der Waals surface area contributed by atoms with Crippen molar-refractivity contribution in [3.63, 3.8) is 0 Å². The molecule has 0 spiro atoms. The van der Waals surface area contributed by atoms with Crippen molar-refractivity contribution in [2.24, 2.45) is 7.05 Å². The van der Waals surface area contributed by atoms with Gasteiger partial charge in [-0.15, -0.1) is 0 Å². The number of rotatable bonds is 3. The molecule has 0 aliphatic carbocycles. The Morgan fingerprint density at radius 1 is 1.25 bits per heavy atom. The maximum absolute atomic E-state index is 12.9. The Kier molecular flexibility index (Phi) is 5.00. The van der Waals surface area contributed by atoms with Crippen LogP contribution in [0.15, 0.2) is 42.9 Å². The summed E-state index contributed by atoms with van der Waals surface area (Å²) in [5, 5.41) is 0.672. The highest BCUT2D eigenvalue weighted by Crippen LogP contribution is 2.34. The molecule has 1 fully saturated rings. The number of likely N-dealkylation sites (tertiary alicyclic amines) is 1. The van der Waals surface area contributed by atoms with Crippen molar-refractivity contribution in [1.82, 2.24) is 24.4 Å². The largest absolute Gasteiger partial charge is 0.368 e. The maximum atomic E-state index is 12.9. The second kappa shape index (κ2) is 7.59. The molecule has 2 aromatic heterocycles. The third kappa shape index (κ3) is 3.57. The second-order valence-corrected chi connectivity index (χ2v) is 7.42. The number of aromatic nitrogens is 4. The topological polar surface area (TPSA) is 89.9 Å². The molecule has 0 unspecified atom stereocenters. The fourth-order valence-corrected chi connectivity index (χ4v) is 3.80. The zero-order valence-corrected chi connectivity index (χ0v) is 16.3. The number of nitrogens with two attached hydrogens (primary N) is 1. The molecule has 0 bridgehead atoms. The molecule has 144 valence electrons. The van der Waals surface area contributed by atoms with E-state index in [9.17, 15) is 4.79 Å². The first-order chi connectivity index (χ1) is 13.5. The van der Waals surface area contributed by atoms with E-state index in [4.69, 9.17) is 17.3 Å². The number of imidazole rings is 1. The number of hydrogen-bond acceptors (Lipinski definition) is 5. The van der Waals surface area contributed by atoms with Gasteiger partial charge in [-0.3, -0.25) is 4.79 Å². The summed E-state index contributed by atoms with van der Waals surface area (Å²) in [7, 11) is 1.82. The Bertz CT molecular complexity index is 1000. The first kappa shape index (κ1) is 18.4. The van der Waals surface area contributed by atoms with E-state index in [1.165, 1.54) is 0 Å². The quantitative estimate of drug-likeness (QED) is 0.734. The summed E-state index contributed by atoms with van der Waals surface area (Å²) in [5.41, 5.74) is 8.66. The normalized spacial score (nSPS) is 16.9. The lowest BCUT2D eigenvalue weighted by molar-refractivity contribution is 0.0690. The van der Waals surface area contributed by atoms with Crippen LogP contribution in [-0.4, -0.2) is 43.4 Å². The van der Waals surface area contributed by atoms with Gasteiger partial charge in [0.2, 0.25) is 5.95 Å². The molecule has 1 amide bonds. The number of carbonyl (C=O) groups is 1. The summed E-state index contributed by atoms with van der Waals surface area (Å²) in [4.78, 5) is 27.6. The van der Waals surface area contributed by atoms with Gasteiger partial charge in [0.1, 0.15) is 0 Å². The minimum atomic E-state index is -0.0627. The molecule has 0 radical (unpaired) electrons. The van der Waals surface area contributed by atoms with Crippen LogP contribution in [0.25, 0.3) is 11.1 Å². The molecule has 2 N–H and O–H groups in total. The van der Waals surface area contributed by atoms with Gasteiger partial charge in [0.25, 0.3) is 5.91 Å². The molecule has 7 nitrogen and oxygen atoms in total. The number of anilines is 1. The van der Waals surface area contributed by atoms with Crippen molar-refractivity contribution >= 4 is 23.5 Å². The Morgan fingerprint density at radius 2 is 2.04 bits per heavy atom. The van der Waals surface area contributed by atoms with E-state index in [0.29, 0.717) is 23.9 Å². The van der Waals surface area contributed by atoms with Crippen molar-refractivity contribution < 1.29 is 4.79 Å². The summed E-state index contributed by atoms with van der Waals surface area (Å²) in [6, 6.07) is 7.57. The number of hydrogen-bond donors (Lipinski definition) is 1. The van der Waals surface area contributed by atoms with Gasteiger partial charge in [0, 0.05) is 55.2 Å². The zero-order chi connectivity index (χ0) is 19.7. The first-order valence-electron chi connectivity index (χ1n) is 9.18. The lowest BCUT2D eigenvalue weighted by Crippen LogP contribution is -2.40. The number of nitrogen functional groups attached to an aromatic ring is 1. The van der Waals surface area contributed by atoms with Gasteiger partial charge in [-0.05, 0) is 30.5 Å². The van der Waals surface area contributed by atoms with Gasteiger partial charge in [0.15, 0.2) is 5.82 Å². The van der Waals surface area contributed by atoms with Gasteiger partial charge >= 0.3 is 0 Å². The average molecular weight is 397 g/mol. The van der Waals surface area contributed by atoms with Gasteiger partial charge in [-0.2, -0.15) is 0 Å². The Morgan fingerprint density at radius 3 is 2.75 bits per heavy atom. The van der Waals surface area contributed by atoms with E-state index < -0.39 is 0 Å². The van der Waals surface area contributed by atoms with Crippen LogP contribution >= 0.6 is 11.6 Å². The predicted molar refractivity (Wildman–Crippen MR) is 108 cm³/mol. The average Bonchev–Trinajstić information content (AvgIpc) is 3.14. The lowest BCUT2D eigenvalue weighted by atomic mass is 9.90. The number of aryl methyl sites for hydroxylation is 1. The monoisotopic (exact) mass is 396 g/mol. The maximum Gasteiger partial charge on any atom is 0.289 e. The van der Waals surface area contributed by atoms with E-state index in [2.05, 4.69) is 15.0 Å². The third-order valence-corrected chi connectivity index (χ3v) is 5.35. The molecule has 1 saturated heterocycles. The highest BCUT2D eigenvalue weighted by atomic mass is 35.5. The van der Waals surface area contributed by atoms with Crippen LogP contribution in [0.2, 0.25) is 5.02 Å². The summed E-state index contributed by atoms with van der Waals surface area (Å²) in [6.07, 6.45) is 6.99. The summed E-state index contributed by atoms with van der Waals surface area (Å²) < 4.78 is 1.74. The van der Waals surface area contributed by atoms with Crippen LogP contribution in [0.1, 0.15) is 35.1 Å². The van der Waals surface area contributed by atoms with Crippen molar-refractivity contribution in [3.8, 4) is 11.1 Å². The SMILES string of the molecule is Cn1ccnc1C(=O)N1CCC[C@H](c2nc(N)ncc2-c2ccc(Cl)cc2)C1. The van der Waals surface area contributed by atoms with Gasteiger partial charge < -0.3 is 15.2 Å². The molecular weight excluding hydrogens is 376 g/mol. The summed E-state index contributed by atoms with van der Waals surface area (Å²) >= 11 is 6.03. The number of amides is 1. The second-order valence-electron chi connectivity index (χ2n) is 6.99. The van der Waals surface area contributed by atoms with Crippen molar-refractivity contribution in [2.75, 3.05) is 18.8 Å². The number of halogens is 1. The molecular formula is C20H21ClN6O. The fraction of sp³-hybridized carbons (Fsp3) is 0.300. The van der Waals surface area contributed by atoms with E-state index >= 15 is 0 Å². The smallest absolute Gasteiger partial charge is 0.289 e. The fourth-order valence-electron chi connectivity index (χ4n) is 3.67. The molecule has 3 aromatic rings. The zero-order valence-electron chi connectivity index (χ0n) is 15.5. The molecule has 1 atom stereocenters. The Balaban J connectivity index is 1.65. The third-order valence-electron chi connectivity index (χ3n) is 5.10. The molecule has 1 aliphatic rings. The first-order valence-corrected chi connectivity index (χ1v) is 9.55. The van der Waals surface area contributed by atoms with Crippen LogP contribution in [0, 0.1) is 0 Å².